The Bertz CT molecular complexity index is 830. The fraction of sp³-hybridized carbons (Fsp3) is 0.609. The van der Waals surface area contributed by atoms with Gasteiger partial charge in [-0.1, -0.05) is 44.2 Å². The second-order valence-corrected chi connectivity index (χ2v) is 10.4. The van der Waals surface area contributed by atoms with Crippen molar-refractivity contribution >= 4 is 29.7 Å². The first-order chi connectivity index (χ1) is 14.9. The molecule has 3 heterocycles. The zero-order valence-electron chi connectivity index (χ0n) is 18.2. The zero-order chi connectivity index (χ0) is 22.0. The van der Waals surface area contributed by atoms with Crippen molar-refractivity contribution in [3.05, 3.63) is 35.9 Å². The number of ether oxygens (including phenoxy) is 1. The molecule has 8 heteroatoms. The van der Waals surface area contributed by atoms with Crippen molar-refractivity contribution in [3.63, 3.8) is 0 Å². The number of hydrogen-bond donors (Lipinski definition) is 1. The molecule has 4 rings (SSSR count). The lowest BCUT2D eigenvalue weighted by Crippen LogP contribution is -2.49. The Morgan fingerprint density at radius 3 is 2.58 bits per heavy atom. The van der Waals surface area contributed by atoms with Crippen LogP contribution < -0.4 is 5.32 Å². The number of benzene rings is 1. The van der Waals surface area contributed by atoms with Crippen LogP contribution >= 0.6 is 11.8 Å². The molecule has 0 bridgehead atoms. The van der Waals surface area contributed by atoms with Crippen LogP contribution in [-0.4, -0.2) is 64.7 Å². The number of carbonyl (C=O) groups is 3. The van der Waals surface area contributed by atoms with E-state index in [1.54, 1.807) is 11.8 Å². The summed E-state index contributed by atoms with van der Waals surface area (Å²) in [7, 11) is 0. The van der Waals surface area contributed by atoms with Gasteiger partial charge in [0.1, 0.15) is 11.0 Å². The van der Waals surface area contributed by atoms with Crippen molar-refractivity contribution in [1.82, 2.24) is 15.1 Å². The Morgan fingerprint density at radius 2 is 1.97 bits per heavy atom. The van der Waals surface area contributed by atoms with Crippen molar-refractivity contribution in [2.45, 2.75) is 55.8 Å². The molecule has 3 amide bonds. The molecule has 3 fully saturated rings. The number of thioether (sulfide) groups is 1. The van der Waals surface area contributed by atoms with Gasteiger partial charge in [-0.15, -0.1) is 11.8 Å². The predicted molar refractivity (Wildman–Crippen MR) is 121 cm³/mol. The summed E-state index contributed by atoms with van der Waals surface area (Å²) in [5.74, 6) is 0.584. The number of rotatable bonds is 6. The van der Waals surface area contributed by atoms with Gasteiger partial charge in [0, 0.05) is 40.3 Å². The van der Waals surface area contributed by atoms with E-state index in [1.807, 2.05) is 28.0 Å². The molecule has 3 aliphatic heterocycles. The molecule has 1 N–H and O–H groups in total. The summed E-state index contributed by atoms with van der Waals surface area (Å²) in [5, 5.41) is 2.32. The molecule has 170 valence electrons. The number of nitrogens with zero attached hydrogens (tertiary/aromatic N) is 2. The first-order valence-corrected chi connectivity index (χ1v) is 12.1. The largest absolute Gasteiger partial charge is 0.441 e. The summed E-state index contributed by atoms with van der Waals surface area (Å²) in [5.41, 5.74) is 0.632. The van der Waals surface area contributed by atoms with Gasteiger partial charge < -0.3 is 19.9 Å². The minimum Gasteiger partial charge on any atom is -0.441 e. The first-order valence-electron chi connectivity index (χ1n) is 11.1. The van der Waals surface area contributed by atoms with E-state index in [-0.39, 0.29) is 36.4 Å². The highest BCUT2D eigenvalue weighted by molar-refractivity contribution is 8.01. The quantitative estimate of drug-likeness (QED) is 0.723. The lowest BCUT2D eigenvalue weighted by molar-refractivity contribution is -0.138. The van der Waals surface area contributed by atoms with E-state index in [0.29, 0.717) is 44.9 Å². The number of amides is 3. The SMILES string of the molecule is CC(C)CCN1C(=O)C(CC(=O)N2CCC3(CC2)CNC(=O)O3)SC1c1ccccc1.[HH]. The van der Waals surface area contributed by atoms with Crippen LogP contribution in [-0.2, 0) is 14.3 Å². The molecule has 2 unspecified atom stereocenters. The molecule has 1 aromatic rings. The third-order valence-corrected chi connectivity index (χ3v) is 7.90. The maximum Gasteiger partial charge on any atom is 0.407 e. The highest BCUT2D eigenvalue weighted by atomic mass is 32.2. The smallest absolute Gasteiger partial charge is 0.407 e. The van der Waals surface area contributed by atoms with E-state index in [9.17, 15) is 14.4 Å². The molecule has 0 aliphatic carbocycles. The molecule has 1 aromatic carbocycles. The minimum atomic E-state index is -0.474. The Balaban J connectivity index is 0.00000289. The average molecular weight is 448 g/mol. The number of carbonyl (C=O) groups excluding carboxylic acids is 3. The third kappa shape index (κ3) is 4.84. The van der Waals surface area contributed by atoms with E-state index in [2.05, 4.69) is 31.3 Å². The van der Waals surface area contributed by atoms with E-state index in [1.165, 1.54) is 0 Å². The van der Waals surface area contributed by atoms with Gasteiger partial charge in [-0.25, -0.2) is 4.79 Å². The molecule has 0 saturated carbocycles. The van der Waals surface area contributed by atoms with Gasteiger partial charge in [-0.05, 0) is 17.9 Å². The highest BCUT2D eigenvalue weighted by Gasteiger charge is 2.45. The van der Waals surface area contributed by atoms with Crippen LogP contribution in [0.5, 0.6) is 0 Å². The minimum absolute atomic E-state index is 0. The second kappa shape index (κ2) is 9.10. The molecular formula is C23H33N3O4S. The molecule has 0 aromatic heterocycles. The molecule has 0 radical (unpaired) electrons. The average Bonchev–Trinajstić information content (AvgIpc) is 3.27. The van der Waals surface area contributed by atoms with Crippen LogP contribution in [0.1, 0.15) is 51.9 Å². The van der Waals surface area contributed by atoms with Gasteiger partial charge in [0.15, 0.2) is 0 Å². The highest BCUT2D eigenvalue weighted by Crippen LogP contribution is 2.44. The van der Waals surface area contributed by atoms with Crippen LogP contribution in [0, 0.1) is 5.92 Å². The normalized spacial score (nSPS) is 25.3. The standard InChI is InChI=1S/C23H31N3O4S.H2/c1-16(2)8-11-26-20(28)18(31-21(26)17-6-4-3-5-7-17)14-19(27)25-12-9-23(10-13-25)15-24-22(29)30-23;/h3-7,16,18,21H,8-15H2,1-2H3,(H,24,29);1H. The van der Waals surface area contributed by atoms with E-state index >= 15 is 0 Å². The van der Waals surface area contributed by atoms with E-state index in [0.717, 1.165) is 12.0 Å². The first kappa shape index (κ1) is 22.0. The van der Waals surface area contributed by atoms with Crippen LogP contribution in [0.2, 0.25) is 0 Å². The number of likely N-dealkylation sites (tertiary alicyclic amines) is 1. The van der Waals surface area contributed by atoms with Crippen molar-refractivity contribution in [2.75, 3.05) is 26.2 Å². The van der Waals surface area contributed by atoms with Crippen LogP contribution in [0.25, 0.3) is 0 Å². The molecule has 2 atom stereocenters. The van der Waals surface area contributed by atoms with Crippen LogP contribution in [0.4, 0.5) is 4.79 Å². The Hall–Kier alpha value is -2.22. The maximum absolute atomic E-state index is 13.2. The summed E-state index contributed by atoms with van der Waals surface area (Å²) in [6.07, 6.45) is 2.06. The van der Waals surface area contributed by atoms with Crippen molar-refractivity contribution in [2.24, 2.45) is 5.92 Å². The monoisotopic (exact) mass is 447 g/mol. The lowest BCUT2D eigenvalue weighted by Gasteiger charge is -2.37. The van der Waals surface area contributed by atoms with Crippen molar-refractivity contribution in [1.29, 1.82) is 0 Å². The van der Waals surface area contributed by atoms with Gasteiger partial charge in [-0.3, -0.25) is 9.59 Å². The fourth-order valence-electron chi connectivity index (χ4n) is 4.46. The van der Waals surface area contributed by atoms with Crippen LogP contribution in [0.3, 0.4) is 0 Å². The third-order valence-electron chi connectivity index (χ3n) is 6.42. The molecule has 3 saturated heterocycles. The predicted octanol–water partition coefficient (Wildman–Crippen LogP) is 3.41. The Labute approximate surface area is 189 Å². The van der Waals surface area contributed by atoms with Crippen LogP contribution in [0.15, 0.2) is 30.3 Å². The molecule has 3 aliphatic rings. The van der Waals surface area contributed by atoms with Gasteiger partial charge >= 0.3 is 6.09 Å². The Morgan fingerprint density at radius 1 is 1.26 bits per heavy atom. The fourth-order valence-corrected chi connectivity index (χ4v) is 5.93. The topological polar surface area (TPSA) is 79.0 Å². The number of nitrogens with one attached hydrogen (secondary N) is 1. The summed E-state index contributed by atoms with van der Waals surface area (Å²) in [6, 6.07) is 10.1. The molecule has 1 spiro atoms. The van der Waals surface area contributed by atoms with Gasteiger partial charge in [0.25, 0.3) is 0 Å². The molecular weight excluding hydrogens is 414 g/mol. The van der Waals surface area contributed by atoms with E-state index < -0.39 is 5.60 Å². The van der Waals surface area contributed by atoms with E-state index in [4.69, 9.17) is 4.74 Å². The van der Waals surface area contributed by atoms with Gasteiger partial charge in [0.05, 0.1) is 11.8 Å². The zero-order valence-corrected chi connectivity index (χ0v) is 19.0. The summed E-state index contributed by atoms with van der Waals surface area (Å²) in [6.45, 7) is 6.64. The van der Waals surface area contributed by atoms with Crippen molar-refractivity contribution < 1.29 is 20.5 Å². The number of piperidine rings is 1. The lowest BCUT2D eigenvalue weighted by atomic mass is 9.91. The summed E-state index contributed by atoms with van der Waals surface area (Å²) < 4.78 is 5.44. The summed E-state index contributed by atoms with van der Waals surface area (Å²) >= 11 is 1.59. The van der Waals surface area contributed by atoms with Gasteiger partial charge in [0.2, 0.25) is 11.8 Å². The molecule has 7 nitrogen and oxygen atoms in total. The number of alkyl carbamates (subject to hydrolysis) is 1. The number of hydrogen-bond acceptors (Lipinski definition) is 5. The Kier molecular flexibility index (Phi) is 6.46. The second-order valence-electron chi connectivity index (χ2n) is 9.11. The molecule has 31 heavy (non-hydrogen) atoms. The maximum atomic E-state index is 13.2. The van der Waals surface area contributed by atoms with Crippen molar-refractivity contribution in [3.8, 4) is 0 Å². The van der Waals surface area contributed by atoms with Gasteiger partial charge in [-0.2, -0.15) is 0 Å². The summed E-state index contributed by atoms with van der Waals surface area (Å²) in [4.78, 5) is 41.4.